The molecule has 3 aromatic rings. The summed E-state index contributed by atoms with van der Waals surface area (Å²) in [5.74, 6) is 0.451. The van der Waals surface area contributed by atoms with Gasteiger partial charge in [0.15, 0.2) is 5.96 Å². The van der Waals surface area contributed by atoms with E-state index in [-0.39, 0.29) is 0 Å². The van der Waals surface area contributed by atoms with Crippen LogP contribution in [0.3, 0.4) is 0 Å². The highest BCUT2D eigenvalue weighted by Crippen LogP contribution is 2.32. The van der Waals surface area contributed by atoms with E-state index in [2.05, 4.69) is 15.8 Å². The lowest BCUT2D eigenvalue weighted by Gasteiger charge is -2.12. The van der Waals surface area contributed by atoms with Crippen LogP contribution < -0.4 is 10.5 Å². The van der Waals surface area contributed by atoms with Crippen molar-refractivity contribution in [2.75, 3.05) is 0 Å². The van der Waals surface area contributed by atoms with Crippen LogP contribution in [0.25, 0.3) is 22.4 Å². The number of nitrogens with zero attached hydrogens (tertiary/aromatic N) is 2. The van der Waals surface area contributed by atoms with Crippen molar-refractivity contribution in [2.45, 2.75) is 37.5 Å². The number of nitrogens with two attached hydrogens (primary N) is 1. The summed E-state index contributed by atoms with van der Waals surface area (Å²) >= 11 is 13.8. The molecule has 160 valence electrons. The number of pyridine rings is 1. The van der Waals surface area contributed by atoms with Crippen molar-refractivity contribution >= 4 is 41.1 Å². The van der Waals surface area contributed by atoms with Crippen molar-refractivity contribution in [1.82, 2.24) is 9.71 Å². The second-order valence-electron chi connectivity index (χ2n) is 7.58. The third-order valence-electron chi connectivity index (χ3n) is 5.28. The molecule has 3 N–H and O–H groups in total. The standard InChI is InChI=1S/C24H24Cl2N4S/c25-19-9-5-17(6-10-19)22-13-16(14-28-23(22)18-7-11-20(26)12-8-18)15-29-24(27)30-31-21-3-1-2-4-21/h5-14,21H,1-4,15H2,(H3,27,29,30). The number of hydrogen-bond acceptors (Lipinski definition) is 3. The van der Waals surface area contributed by atoms with Crippen LogP contribution in [0.4, 0.5) is 0 Å². The Morgan fingerprint density at radius 3 is 2.26 bits per heavy atom. The van der Waals surface area contributed by atoms with Crippen molar-refractivity contribution in [1.29, 1.82) is 0 Å². The van der Waals surface area contributed by atoms with Gasteiger partial charge in [0.25, 0.3) is 0 Å². The molecule has 0 bridgehead atoms. The minimum absolute atomic E-state index is 0.451. The molecule has 0 amide bonds. The number of benzene rings is 2. The summed E-state index contributed by atoms with van der Waals surface area (Å²) in [7, 11) is 0. The van der Waals surface area contributed by atoms with Crippen LogP contribution in [-0.4, -0.2) is 16.2 Å². The first-order valence-electron chi connectivity index (χ1n) is 10.3. The van der Waals surface area contributed by atoms with Gasteiger partial charge in [0, 0.05) is 32.6 Å². The molecule has 0 unspecified atom stereocenters. The van der Waals surface area contributed by atoms with Crippen molar-refractivity contribution in [3.63, 3.8) is 0 Å². The van der Waals surface area contributed by atoms with E-state index >= 15 is 0 Å². The predicted molar refractivity (Wildman–Crippen MR) is 133 cm³/mol. The normalized spacial score (nSPS) is 14.7. The average molecular weight is 471 g/mol. The lowest BCUT2D eigenvalue weighted by molar-refractivity contribution is 0.886. The molecule has 7 heteroatoms. The third-order valence-corrected chi connectivity index (χ3v) is 6.92. The van der Waals surface area contributed by atoms with Gasteiger partial charge in [-0.15, -0.1) is 0 Å². The maximum Gasteiger partial charge on any atom is 0.199 e. The smallest absolute Gasteiger partial charge is 0.199 e. The van der Waals surface area contributed by atoms with Crippen molar-refractivity contribution in [2.24, 2.45) is 10.7 Å². The monoisotopic (exact) mass is 470 g/mol. The van der Waals surface area contributed by atoms with E-state index in [0.717, 1.165) is 27.9 Å². The Kier molecular flexibility index (Phi) is 7.38. The SMILES string of the molecule is NC(=NCc1cnc(-c2ccc(Cl)cc2)c(-c2ccc(Cl)cc2)c1)NSC1CCCC1. The fourth-order valence-electron chi connectivity index (χ4n) is 3.64. The van der Waals surface area contributed by atoms with E-state index in [0.29, 0.717) is 27.8 Å². The molecule has 1 saturated carbocycles. The van der Waals surface area contributed by atoms with Crippen LogP contribution in [0, 0.1) is 0 Å². The molecule has 1 aliphatic rings. The fraction of sp³-hybridized carbons (Fsp3) is 0.250. The van der Waals surface area contributed by atoms with Gasteiger partial charge in [-0.3, -0.25) is 4.98 Å². The maximum atomic E-state index is 6.10. The molecule has 0 saturated heterocycles. The highest BCUT2D eigenvalue weighted by Gasteiger charge is 2.15. The molecule has 1 fully saturated rings. The molecule has 4 rings (SSSR count). The molecule has 1 aliphatic carbocycles. The molecule has 1 aromatic heterocycles. The van der Waals surface area contributed by atoms with Gasteiger partial charge in [-0.05, 0) is 66.2 Å². The fourth-order valence-corrected chi connectivity index (χ4v) is 4.81. The minimum Gasteiger partial charge on any atom is -0.369 e. The number of aromatic nitrogens is 1. The summed E-state index contributed by atoms with van der Waals surface area (Å²) < 4.78 is 3.19. The molecule has 31 heavy (non-hydrogen) atoms. The number of nitrogens with one attached hydrogen (secondary N) is 1. The van der Waals surface area contributed by atoms with Gasteiger partial charge in [-0.25, -0.2) is 4.99 Å². The summed E-state index contributed by atoms with van der Waals surface area (Å²) in [5, 5.41) is 2.02. The zero-order valence-electron chi connectivity index (χ0n) is 17.0. The van der Waals surface area contributed by atoms with E-state index in [1.807, 2.05) is 54.7 Å². The number of hydrogen-bond donors (Lipinski definition) is 2. The van der Waals surface area contributed by atoms with Crippen LogP contribution in [0.1, 0.15) is 31.2 Å². The summed E-state index contributed by atoms with van der Waals surface area (Å²) in [5.41, 5.74) is 11.0. The molecule has 4 nitrogen and oxygen atoms in total. The molecule has 0 radical (unpaired) electrons. The summed E-state index contributed by atoms with van der Waals surface area (Å²) in [4.78, 5) is 9.25. The number of guanidine groups is 1. The summed E-state index contributed by atoms with van der Waals surface area (Å²) in [6, 6.07) is 17.6. The van der Waals surface area contributed by atoms with E-state index < -0.39 is 0 Å². The van der Waals surface area contributed by atoms with Gasteiger partial charge in [-0.1, -0.05) is 60.3 Å². The van der Waals surface area contributed by atoms with Crippen LogP contribution in [-0.2, 0) is 6.54 Å². The van der Waals surface area contributed by atoms with Crippen LogP contribution in [0.5, 0.6) is 0 Å². The Morgan fingerprint density at radius 1 is 1.00 bits per heavy atom. The number of rotatable bonds is 6. The van der Waals surface area contributed by atoms with Gasteiger partial charge in [0.05, 0.1) is 12.2 Å². The third kappa shape index (κ3) is 5.94. The summed E-state index contributed by atoms with van der Waals surface area (Å²) in [6.45, 7) is 0.457. The first-order valence-corrected chi connectivity index (χ1v) is 11.9. The number of halogens is 2. The Labute approximate surface area is 197 Å². The molecule has 0 spiro atoms. The largest absolute Gasteiger partial charge is 0.369 e. The molecular formula is C24H24Cl2N4S. The Morgan fingerprint density at radius 2 is 1.61 bits per heavy atom. The zero-order valence-corrected chi connectivity index (χ0v) is 19.4. The predicted octanol–water partition coefficient (Wildman–Crippen LogP) is 6.72. The van der Waals surface area contributed by atoms with E-state index in [9.17, 15) is 0 Å². The zero-order chi connectivity index (χ0) is 21.6. The molecule has 0 atom stereocenters. The molecule has 0 aliphatic heterocycles. The highest BCUT2D eigenvalue weighted by atomic mass is 35.5. The second-order valence-corrected chi connectivity index (χ2v) is 9.56. The van der Waals surface area contributed by atoms with Crippen LogP contribution in [0.15, 0.2) is 65.8 Å². The van der Waals surface area contributed by atoms with E-state index in [1.54, 1.807) is 11.9 Å². The molecule has 2 aromatic carbocycles. The topological polar surface area (TPSA) is 63.3 Å². The Hall–Kier alpha value is -2.21. The first kappa shape index (κ1) is 22.0. The van der Waals surface area contributed by atoms with Gasteiger partial charge in [0.1, 0.15) is 0 Å². The molecular weight excluding hydrogens is 447 g/mol. The number of aliphatic imine (C=N–C) groups is 1. The highest BCUT2D eigenvalue weighted by molar-refractivity contribution is 7.98. The van der Waals surface area contributed by atoms with Gasteiger partial charge >= 0.3 is 0 Å². The van der Waals surface area contributed by atoms with Crippen LogP contribution >= 0.6 is 35.1 Å². The van der Waals surface area contributed by atoms with Gasteiger partial charge in [0.2, 0.25) is 0 Å². The molecule has 1 heterocycles. The first-order chi connectivity index (χ1) is 15.1. The average Bonchev–Trinajstić information content (AvgIpc) is 3.31. The van der Waals surface area contributed by atoms with E-state index in [1.165, 1.54) is 25.7 Å². The van der Waals surface area contributed by atoms with Gasteiger partial charge in [-0.2, -0.15) is 0 Å². The Bertz CT molecular complexity index is 1050. The minimum atomic E-state index is 0.451. The van der Waals surface area contributed by atoms with Crippen molar-refractivity contribution in [3.8, 4) is 22.4 Å². The lowest BCUT2D eigenvalue weighted by Crippen LogP contribution is -2.27. The summed E-state index contributed by atoms with van der Waals surface area (Å²) in [6.07, 6.45) is 6.94. The van der Waals surface area contributed by atoms with E-state index in [4.69, 9.17) is 33.9 Å². The second kappa shape index (κ2) is 10.4. The van der Waals surface area contributed by atoms with Gasteiger partial charge < -0.3 is 10.5 Å². The van der Waals surface area contributed by atoms with Crippen molar-refractivity contribution in [3.05, 3.63) is 76.4 Å². The maximum absolute atomic E-state index is 6.10. The quantitative estimate of drug-likeness (QED) is 0.238. The van der Waals surface area contributed by atoms with Crippen LogP contribution in [0.2, 0.25) is 10.0 Å². The Balaban J connectivity index is 1.57. The van der Waals surface area contributed by atoms with Crippen molar-refractivity contribution < 1.29 is 0 Å². The lowest BCUT2D eigenvalue weighted by atomic mass is 9.98.